The van der Waals surface area contributed by atoms with Crippen LogP contribution in [-0.2, 0) is 16.6 Å². The van der Waals surface area contributed by atoms with Gasteiger partial charge < -0.3 is 10.2 Å². The second kappa shape index (κ2) is 7.27. The number of nitrogens with one attached hydrogen (secondary N) is 1. The maximum Gasteiger partial charge on any atom is 0.317 e. The van der Waals surface area contributed by atoms with Gasteiger partial charge in [0.15, 0.2) is 0 Å². The van der Waals surface area contributed by atoms with Gasteiger partial charge in [0, 0.05) is 26.2 Å². The Bertz CT molecular complexity index is 824. The van der Waals surface area contributed by atoms with E-state index < -0.39 is 10.0 Å². The van der Waals surface area contributed by atoms with Crippen molar-refractivity contribution in [1.29, 1.82) is 0 Å². The molecule has 0 saturated carbocycles. The molecule has 2 heterocycles. The first-order chi connectivity index (χ1) is 11.8. The molecule has 0 spiro atoms. The summed E-state index contributed by atoms with van der Waals surface area (Å²) < 4.78 is 25.6. The quantitative estimate of drug-likeness (QED) is 0.875. The topological polar surface area (TPSA) is 82.6 Å². The summed E-state index contributed by atoms with van der Waals surface area (Å²) in [4.78, 5) is 18.5. The summed E-state index contributed by atoms with van der Waals surface area (Å²) in [5.41, 5.74) is 0.949. The number of piperidine rings is 1. The van der Waals surface area contributed by atoms with E-state index in [2.05, 4.69) is 10.3 Å². The molecule has 0 aliphatic carbocycles. The minimum Gasteiger partial charge on any atom is -0.335 e. The zero-order valence-electron chi connectivity index (χ0n) is 14.3. The summed E-state index contributed by atoms with van der Waals surface area (Å²) in [6, 6.07) is 7.76. The molecule has 0 bridgehead atoms. The van der Waals surface area contributed by atoms with E-state index in [0.717, 1.165) is 15.2 Å². The monoisotopic (exact) mass is 382 g/mol. The minimum absolute atomic E-state index is 0.00307. The molecule has 1 N–H and O–H groups in total. The number of para-hydroxylation sites is 1. The van der Waals surface area contributed by atoms with Crippen molar-refractivity contribution in [3.63, 3.8) is 0 Å². The van der Waals surface area contributed by atoms with Crippen LogP contribution in [0.5, 0.6) is 0 Å². The number of aromatic nitrogens is 1. The molecule has 1 aromatic carbocycles. The number of hydrogen-bond donors (Lipinski definition) is 1. The molecule has 3 rings (SSSR count). The molecule has 1 aromatic heterocycles. The van der Waals surface area contributed by atoms with Crippen LogP contribution < -0.4 is 5.32 Å². The van der Waals surface area contributed by atoms with Crippen molar-refractivity contribution < 1.29 is 13.2 Å². The number of thiazole rings is 1. The first-order valence-electron chi connectivity index (χ1n) is 8.14. The first-order valence-corrected chi connectivity index (χ1v) is 10.8. The highest BCUT2D eigenvalue weighted by Gasteiger charge is 2.26. The fourth-order valence-electron chi connectivity index (χ4n) is 2.88. The largest absolute Gasteiger partial charge is 0.335 e. The second-order valence-electron chi connectivity index (χ2n) is 6.32. The van der Waals surface area contributed by atoms with E-state index in [-0.39, 0.29) is 12.1 Å². The van der Waals surface area contributed by atoms with Gasteiger partial charge in [-0.05, 0) is 25.0 Å². The molecule has 0 atom stereocenters. The van der Waals surface area contributed by atoms with E-state index in [4.69, 9.17) is 0 Å². The van der Waals surface area contributed by atoms with Crippen LogP contribution >= 0.6 is 11.3 Å². The highest BCUT2D eigenvalue weighted by molar-refractivity contribution is 7.88. The standard InChI is InChI=1S/C16H22N4O3S2/c1-19(11-15-18-13-5-3-4-6-14(13)24-15)16(21)17-12-7-9-20(10-8-12)25(2,22)23/h3-6,12H,7-11H2,1-2H3,(H,17,21). The predicted molar refractivity (Wildman–Crippen MR) is 99.1 cm³/mol. The fourth-order valence-corrected chi connectivity index (χ4v) is 4.77. The number of nitrogens with zero attached hydrogens (tertiary/aromatic N) is 3. The number of carbonyl (C=O) groups is 1. The van der Waals surface area contributed by atoms with E-state index >= 15 is 0 Å². The van der Waals surface area contributed by atoms with Crippen LogP contribution in [0.1, 0.15) is 17.8 Å². The van der Waals surface area contributed by atoms with Crippen molar-refractivity contribution in [2.45, 2.75) is 25.4 Å². The summed E-state index contributed by atoms with van der Waals surface area (Å²) in [6.07, 6.45) is 2.49. The summed E-state index contributed by atoms with van der Waals surface area (Å²) >= 11 is 1.59. The summed E-state index contributed by atoms with van der Waals surface area (Å²) in [7, 11) is -1.40. The molecular weight excluding hydrogens is 360 g/mol. The number of rotatable bonds is 4. The van der Waals surface area contributed by atoms with Crippen molar-refractivity contribution in [1.82, 2.24) is 19.5 Å². The molecule has 0 radical (unpaired) electrons. The van der Waals surface area contributed by atoms with Crippen molar-refractivity contribution >= 4 is 37.6 Å². The van der Waals surface area contributed by atoms with Crippen molar-refractivity contribution in [3.05, 3.63) is 29.3 Å². The van der Waals surface area contributed by atoms with Gasteiger partial charge in [-0.2, -0.15) is 0 Å². The van der Waals surface area contributed by atoms with E-state index in [9.17, 15) is 13.2 Å². The Kier molecular flexibility index (Phi) is 5.26. The Balaban J connectivity index is 1.53. The predicted octanol–water partition coefficient (Wildman–Crippen LogP) is 1.86. The summed E-state index contributed by atoms with van der Waals surface area (Å²) in [5, 5.41) is 3.88. The van der Waals surface area contributed by atoms with Crippen LogP contribution in [0.15, 0.2) is 24.3 Å². The lowest BCUT2D eigenvalue weighted by atomic mass is 10.1. The molecule has 136 valence electrons. The Morgan fingerprint density at radius 3 is 2.68 bits per heavy atom. The van der Waals surface area contributed by atoms with Gasteiger partial charge in [0.1, 0.15) is 5.01 Å². The maximum atomic E-state index is 12.4. The summed E-state index contributed by atoms with van der Waals surface area (Å²) in [5.74, 6) is 0. The van der Waals surface area contributed by atoms with Crippen molar-refractivity contribution in [2.75, 3.05) is 26.4 Å². The van der Waals surface area contributed by atoms with Gasteiger partial charge in [-0.15, -0.1) is 11.3 Å². The van der Waals surface area contributed by atoms with Crippen LogP contribution in [0.3, 0.4) is 0 Å². The van der Waals surface area contributed by atoms with Gasteiger partial charge in [0.05, 0.1) is 23.0 Å². The van der Waals surface area contributed by atoms with E-state index in [0.29, 0.717) is 32.5 Å². The number of benzene rings is 1. The second-order valence-corrected chi connectivity index (χ2v) is 9.41. The van der Waals surface area contributed by atoms with E-state index in [1.54, 1.807) is 23.3 Å². The highest BCUT2D eigenvalue weighted by Crippen LogP contribution is 2.22. The van der Waals surface area contributed by atoms with Gasteiger partial charge in [0.25, 0.3) is 0 Å². The third-order valence-corrected chi connectivity index (χ3v) is 6.63. The zero-order chi connectivity index (χ0) is 18.0. The molecule has 25 heavy (non-hydrogen) atoms. The third kappa shape index (κ3) is 4.47. The average molecular weight is 383 g/mol. The van der Waals surface area contributed by atoms with Crippen LogP contribution in [0.25, 0.3) is 10.2 Å². The third-order valence-electron chi connectivity index (χ3n) is 4.31. The van der Waals surface area contributed by atoms with Gasteiger partial charge in [-0.1, -0.05) is 12.1 Å². The van der Waals surface area contributed by atoms with Gasteiger partial charge in [0.2, 0.25) is 10.0 Å². The molecule has 2 amide bonds. The molecular formula is C16H22N4O3S2. The van der Waals surface area contributed by atoms with Crippen molar-refractivity contribution in [3.8, 4) is 0 Å². The van der Waals surface area contributed by atoms with Crippen molar-refractivity contribution in [2.24, 2.45) is 0 Å². The molecule has 0 unspecified atom stereocenters. The number of fused-ring (bicyclic) bond motifs is 1. The molecule has 2 aromatic rings. The van der Waals surface area contributed by atoms with E-state index in [1.807, 2.05) is 24.3 Å². The Hall–Kier alpha value is -1.71. The summed E-state index contributed by atoms with van der Waals surface area (Å²) in [6.45, 7) is 1.35. The highest BCUT2D eigenvalue weighted by atomic mass is 32.2. The van der Waals surface area contributed by atoms with Crippen LogP contribution in [-0.4, -0.2) is 61.1 Å². The molecule has 1 aliphatic rings. The number of hydrogen-bond acceptors (Lipinski definition) is 5. The van der Waals surface area contributed by atoms with Crippen LogP contribution in [0.2, 0.25) is 0 Å². The maximum absolute atomic E-state index is 12.4. The zero-order valence-corrected chi connectivity index (χ0v) is 15.9. The van der Waals surface area contributed by atoms with Gasteiger partial charge in [-0.25, -0.2) is 22.5 Å². The number of sulfonamides is 1. The molecule has 1 aliphatic heterocycles. The average Bonchev–Trinajstić information content (AvgIpc) is 2.96. The van der Waals surface area contributed by atoms with Crippen LogP contribution in [0, 0.1) is 0 Å². The molecule has 1 saturated heterocycles. The number of carbonyl (C=O) groups excluding carboxylic acids is 1. The Morgan fingerprint density at radius 1 is 1.36 bits per heavy atom. The van der Waals surface area contributed by atoms with Gasteiger partial charge in [-0.3, -0.25) is 0 Å². The molecule has 7 nitrogen and oxygen atoms in total. The fraction of sp³-hybridized carbons (Fsp3) is 0.500. The lowest BCUT2D eigenvalue weighted by molar-refractivity contribution is 0.195. The minimum atomic E-state index is -3.14. The van der Waals surface area contributed by atoms with Crippen LogP contribution in [0.4, 0.5) is 4.79 Å². The smallest absolute Gasteiger partial charge is 0.317 e. The Morgan fingerprint density at radius 2 is 2.04 bits per heavy atom. The number of urea groups is 1. The van der Waals surface area contributed by atoms with E-state index in [1.165, 1.54) is 10.6 Å². The Labute approximate surface area is 151 Å². The number of amides is 2. The first kappa shape index (κ1) is 18.1. The molecule has 9 heteroatoms. The van der Waals surface area contributed by atoms with Gasteiger partial charge >= 0.3 is 6.03 Å². The lowest BCUT2D eigenvalue weighted by Gasteiger charge is -2.31. The SMILES string of the molecule is CN(Cc1nc2ccccc2s1)C(=O)NC1CCN(S(C)(=O)=O)CC1. The lowest BCUT2D eigenvalue weighted by Crippen LogP contribution is -2.49. The normalized spacial score (nSPS) is 16.9. The molecule has 1 fully saturated rings.